The summed E-state index contributed by atoms with van der Waals surface area (Å²) in [4.78, 5) is 25.0. The molecule has 0 bridgehead atoms. The molecule has 4 N–H and O–H groups in total. The fraction of sp³-hybridized carbons (Fsp3) is 0.462. The highest BCUT2D eigenvalue weighted by Gasteiger charge is 2.34. The summed E-state index contributed by atoms with van der Waals surface area (Å²) in [5, 5.41) is 30.8. The van der Waals surface area contributed by atoms with Crippen LogP contribution in [0.4, 0.5) is 5.69 Å². The summed E-state index contributed by atoms with van der Waals surface area (Å²) in [7, 11) is 0. The van der Waals surface area contributed by atoms with Crippen LogP contribution in [0.5, 0.6) is 0 Å². The number of aliphatic carboxylic acids is 1. The van der Waals surface area contributed by atoms with Crippen molar-refractivity contribution in [1.82, 2.24) is 4.90 Å². The molecule has 0 aromatic heterocycles. The largest absolute Gasteiger partial charge is 0.481 e. The highest BCUT2D eigenvalue weighted by Crippen LogP contribution is 2.38. The van der Waals surface area contributed by atoms with E-state index in [1.54, 1.807) is 18.2 Å². The first kappa shape index (κ1) is 25.3. The van der Waals surface area contributed by atoms with Crippen LogP contribution in [-0.2, 0) is 25.7 Å². The molecule has 4 rings (SSSR count). The SMILES string of the molecule is O=C(O)CCC(=O)Nc1cccc([C@@H]2O[C@H](CN3CC[C@H](O)C3)C[C@H](c3ccc(CO)cc3)O2)c1. The Morgan fingerprint density at radius 2 is 1.86 bits per heavy atom. The van der Waals surface area contributed by atoms with Crippen LogP contribution < -0.4 is 5.32 Å². The van der Waals surface area contributed by atoms with Gasteiger partial charge < -0.3 is 30.1 Å². The first-order valence-corrected chi connectivity index (χ1v) is 11.9. The van der Waals surface area contributed by atoms with Crippen LogP contribution in [0, 0.1) is 0 Å². The van der Waals surface area contributed by atoms with E-state index in [4.69, 9.17) is 14.6 Å². The molecule has 2 fully saturated rings. The van der Waals surface area contributed by atoms with E-state index in [2.05, 4.69) is 10.2 Å². The number of benzene rings is 2. The molecule has 9 heteroatoms. The Morgan fingerprint density at radius 3 is 2.54 bits per heavy atom. The number of carboxylic acids is 1. The number of rotatable bonds is 9. The van der Waals surface area contributed by atoms with E-state index >= 15 is 0 Å². The van der Waals surface area contributed by atoms with Gasteiger partial charge in [0.25, 0.3) is 0 Å². The molecule has 2 aliphatic heterocycles. The minimum Gasteiger partial charge on any atom is -0.481 e. The second-order valence-corrected chi connectivity index (χ2v) is 9.12. The standard InChI is InChI=1S/C26H32N2O7/c29-16-17-4-6-18(7-5-17)23-13-22(15-28-11-10-21(30)14-28)34-26(35-23)19-2-1-3-20(12-19)27-24(31)8-9-25(32)33/h1-7,12,21-23,26,29-30H,8-11,13-16H2,(H,27,31)(H,32,33)/t21-,22-,23+,26+/m0/s1. The molecule has 0 saturated carbocycles. The van der Waals surface area contributed by atoms with E-state index in [0.29, 0.717) is 25.2 Å². The van der Waals surface area contributed by atoms with Crippen LogP contribution in [0.25, 0.3) is 0 Å². The highest BCUT2D eigenvalue weighted by molar-refractivity contribution is 5.92. The van der Waals surface area contributed by atoms with Gasteiger partial charge in [0.05, 0.1) is 31.3 Å². The van der Waals surface area contributed by atoms with E-state index in [1.165, 1.54) is 0 Å². The molecule has 0 radical (unpaired) electrons. The molecule has 2 aliphatic rings. The number of aliphatic hydroxyl groups is 2. The third-order valence-electron chi connectivity index (χ3n) is 6.33. The Bertz CT molecular complexity index is 1010. The fourth-order valence-electron chi connectivity index (χ4n) is 4.51. The molecule has 4 atom stereocenters. The summed E-state index contributed by atoms with van der Waals surface area (Å²) in [6.07, 6.45) is -0.276. The Kier molecular flexibility index (Phi) is 8.48. The quantitative estimate of drug-likeness (QED) is 0.428. The zero-order valence-corrected chi connectivity index (χ0v) is 19.5. The highest BCUT2D eigenvalue weighted by atomic mass is 16.7. The predicted molar refractivity (Wildman–Crippen MR) is 127 cm³/mol. The van der Waals surface area contributed by atoms with Crippen LogP contribution in [0.2, 0.25) is 0 Å². The van der Waals surface area contributed by atoms with Crippen molar-refractivity contribution >= 4 is 17.6 Å². The topological polar surface area (TPSA) is 129 Å². The van der Waals surface area contributed by atoms with Crippen LogP contribution in [0.3, 0.4) is 0 Å². The molecule has 2 aromatic carbocycles. The van der Waals surface area contributed by atoms with Crippen molar-refractivity contribution in [2.24, 2.45) is 0 Å². The van der Waals surface area contributed by atoms with Crippen molar-refractivity contribution in [3.63, 3.8) is 0 Å². The Balaban J connectivity index is 1.50. The third kappa shape index (κ3) is 7.09. The van der Waals surface area contributed by atoms with Gasteiger partial charge >= 0.3 is 5.97 Å². The number of ether oxygens (including phenoxy) is 2. The lowest BCUT2D eigenvalue weighted by atomic mass is 9.99. The lowest BCUT2D eigenvalue weighted by Crippen LogP contribution is -2.38. The van der Waals surface area contributed by atoms with Gasteiger partial charge in [0.15, 0.2) is 6.29 Å². The Morgan fingerprint density at radius 1 is 1.06 bits per heavy atom. The van der Waals surface area contributed by atoms with Crippen molar-refractivity contribution in [2.75, 3.05) is 25.0 Å². The minimum absolute atomic E-state index is 0.0254. The van der Waals surface area contributed by atoms with E-state index in [9.17, 15) is 19.8 Å². The molecule has 9 nitrogen and oxygen atoms in total. The number of anilines is 1. The molecular weight excluding hydrogens is 452 g/mol. The van der Waals surface area contributed by atoms with Gasteiger partial charge in [0.2, 0.25) is 5.91 Å². The molecule has 188 valence electrons. The van der Waals surface area contributed by atoms with Crippen LogP contribution in [0.1, 0.15) is 54.8 Å². The number of likely N-dealkylation sites (tertiary alicyclic amines) is 1. The average Bonchev–Trinajstić information content (AvgIpc) is 3.27. The minimum atomic E-state index is -1.02. The fourth-order valence-corrected chi connectivity index (χ4v) is 4.51. The summed E-state index contributed by atoms with van der Waals surface area (Å²) >= 11 is 0. The van der Waals surface area contributed by atoms with Crippen molar-refractivity contribution in [2.45, 2.75) is 56.9 Å². The van der Waals surface area contributed by atoms with Crippen molar-refractivity contribution < 1.29 is 34.4 Å². The lowest BCUT2D eigenvalue weighted by molar-refractivity contribution is -0.252. The van der Waals surface area contributed by atoms with Crippen molar-refractivity contribution in [3.8, 4) is 0 Å². The molecule has 2 heterocycles. The smallest absolute Gasteiger partial charge is 0.303 e. The zero-order chi connectivity index (χ0) is 24.8. The molecule has 1 amide bonds. The number of hydrogen-bond acceptors (Lipinski definition) is 7. The van der Waals surface area contributed by atoms with Gasteiger partial charge in [-0.2, -0.15) is 0 Å². The van der Waals surface area contributed by atoms with Gasteiger partial charge in [-0.3, -0.25) is 14.5 Å². The third-order valence-corrected chi connectivity index (χ3v) is 6.33. The van der Waals surface area contributed by atoms with Crippen LogP contribution >= 0.6 is 0 Å². The zero-order valence-electron chi connectivity index (χ0n) is 19.5. The number of carbonyl (C=O) groups is 2. The van der Waals surface area contributed by atoms with E-state index in [1.807, 2.05) is 30.3 Å². The van der Waals surface area contributed by atoms with E-state index in [0.717, 1.165) is 29.7 Å². The van der Waals surface area contributed by atoms with Gasteiger partial charge in [-0.15, -0.1) is 0 Å². The normalized spacial score (nSPS) is 24.9. The van der Waals surface area contributed by atoms with Crippen molar-refractivity contribution in [1.29, 1.82) is 0 Å². The van der Waals surface area contributed by atoms with Gasteiger partial charge in [0, 0.05) is 43.7 Å². The van der Waals surface area contributed by atoms with Gasteiger partial charge in [0.1, 0.15) is 0 Å². The first-order valence-electron chi connectivity index (χ1n) is 11.9. The maximum absolute atomic E-state index is 12.1. The van der Waals surface area contributed by atoms with E-state index < -0.39 is 12.3 Å². The second-order valence-electron chi connectivity index (χ2n) is 9.12. The predicted octanol–water partition coefficient (Wildman–Crippen LogP) is 2.59. The summed E-state index contributed by atoms with van der Waals surface area (Å²) in [6.45, 7) is 2.09. The number of nitrogens with one attached hydrogen (secondary N) is 1. The number of β-amino-alcohol motifs (C(OH)–C–C–N with tert-alkyl or cyclic N) is 1. The number of carbonyl (C=O) groups excluding carboxylic acids is 1. The summed E-state index contributed by atoms with van der Waals surface area (Å²) < 4.78 is 12.7. The maximum atomic E-state index is 12.1. The molecule has 35 heavy (non-hydrogen) atoms. The number of hydrogen-bond donors (Lipinski definition) is 4. The first-order chi connectivity index (χ1) is 16.9. The Labute approximate surface area is 204 Å². The Hall–Kier alpha value is -2.82. The summed E-state index contributed by atoms with van der Waals surface area (Å²) in [5.74, 6) is -1.39. The summed E-state index contributed by atoms with van der Waals surface area (Å²) in [6, 6.07) is 14.8. The number of nitrogens with zero attached hydrogens (tertiary/aromatic N) is 1. The monoisotopic (exact) mass is 484 g/mol. The molecule has 2 aromatic rings. The summed E-state index contributed by atoms with van der Waals surface area (Å²) in [5.41, 5.74) is 3.09. The van der Waals surface area contributed by atoms with Crippen LogP contribution in [-0.4, -0.2) is 63.9 Å². The lowest BCUT2D eigenvalue weighted by Gasteiger charge is -2.38. The maximum Gasteiger partial charge on any atom is 0.303 e. The molecule has 2 saturated heterocycles. The molecule has 0 aliphatic carbocycles. The van der Waals surface area contributed by atoms with Crippen molar-refractivity contribution in [3.05, 3.63) is 65.2 Å². The number of aliphatic hydroxyl groups excluding tert-OH is 2. The second kappa shape index (κ2) is 11.7. The van der Waals surface area contributed by atoms with Gasteiger partial charge in [-0.1, -0.05) is 36.4 Å². The number of amides is 1. The molecule has 0 spiro atoms. The number of carboxylic acid groups (broad SMARTS) is 1. The molecule has 0 unspecified atom stereocenters. The average molecular weight is 485 g/mol. The van der Waals surface area contributed by atoms with E-state index in [-0.39, 0.29) is 43.7 Å². The van der Waals surface area contributed by atoms with Crippen LogP contribution in [0.15, 0.2) is 48.5 Å². The van der Waals surface area contributed by atoms with Gasteiger partial charge in [-0.05, 0) is 29.7 Å². The molecular formula is C26H32N2O7. The van der Waals surface area contributed by atoms with Gasteiger partial charge in [-0.25, -0.2) is 0 Å².